The summed E-state index contributed by atoms with van der Waals surface area (Å²) in [6.45, 7) is 0.412. The molecular formula is C21H18N2O2. The molecule has 1 aromatic heterocycles. The summed E-state index contributed by atoms with van der Waals surface area (Å²) in [5.74, 6) is 0.682. The van der Waals surface area contributed by atoms with Gasteiger partial charge in [-0.05, 0) is 29.3 Å². The number of rotatable bonds is 6. The van der Waals surface area contributed by atoms with Crippen LogP contribution in [0.5, 0.6) is 5.75 Å². The number of carbonyl (C=O) groups is 1. The minimum absolute atomic E-state index is 0.257. The van der Waals surface area contributed by atoms with Gasteiger partial charge < -0.3 is 10.1 Å². The summed E-state index contributed by atoms with van der Waals surface area (Å²) in [5.41, 5.74) is 2.01. The van der Waals surface area contributed by atoms with Crippen LogP contribution < -0.4 is 10.1 Å². The highest BCUT2D eigenvalue weighted by Crippen LogP contribution is 2.22. The van der Waals surface area contributed by atoms with E-state index >= 15 is 0 Å². The molecule has 1 amide bonds. The molecule has 25 heavy (non-hydrogen) atoms. The first-order valence-corrected chi connectivity index (χ1v) is 7.97. The van der Waals surface area contributed by atoms with Gasteiger partial charge in [-0.15, -0.1) is 0 Å². The van der Waals surface area contributed by atoms with Gasteiger partial charge in [-0.1, -0.05) is 60.7 Å². The summed E-state index contributed by atoms with van der Waals surface area (Å²) in [5, 5.41) is 2.76. The molecule has 0 aliphatic carbocycles. The second-order valence-electron chi connectivity index (χ2n) is 5.36. The van der Waals surface area contributed by atoms with Crippen molar-refractivity contribution in [3.8, 4) is 5.75 Å². The Bertz CT molecular complexity index is 846. The van der Waals surface area contributed by atoms with Crippen molar-refractivity contribution in [3.63, 3.8) is 0 Å². The largest absolute Gasteiger partial charge is 0.485 e. The molecule has 0 fully saturated rings. The molecular weight excluding hydrogens is 312 g/mol. The van der Waals surface area contributed by atoms with E-state index in [1.54, 1.807) is 24.4 Å². The number of nitrogens with one attached hydrogen (secondary N) is 1. The summed E-state index contributed by atoms with van der Waals surface area (Å²) >= 11 is 0. The van der Waals surface area contributed by atoms with E-state index in [1.807, 2.05) is 60.7 Å². The number of aromatic nitrogens is 1. The molecule has 4 heteroatoms. The van der Waals surface area contributed by atoms with E-state index in [9.17, 15) is 4.79 Å². The van der Waals surface area contributed by atoms with Crippen LogP contribution in [0.2, 0.25) is 0 Å². The van der Waals surface area contributed by atoms with Crippen LogP contribution >= 0.6 is 0 Å². The van der Waals surface area contributed by atoms with E-state index < -0.39 is 0 Å². The van der Waals surface area contributed by atoms with Crippen molar-refractivity contribution >= 4 is 17.8 Å². The molecule has 3 rings (SSSR count). The molecule has 0 bridgehead atoms. The topological polar surface area (TPSA) is 51.2 Å². The second kappa shape index (κ2) is 8.45. The van der Waals surface area contributed by atoms with Crippen LogP contribution in [0.1, 0.15) is 11.1 Å². The van der Waals surface area contributed by atoms with Crippen LogP contribution in [0.15, 0.2) is 85.1 Å². The Balaban J connectivity index is 1.64. The summed E-state index contributed by atoms with van der Waals surface area (Å²) in [6.07, 6.45) is 4.85. The first kappa shape index (κ1) is 16.5. The Morgan fingerprint density at radius 1 is 0.960 bits per heavy atom. The van der Waals surface area contributed by atoms with E-state index in [0.717, 1.165) is 11.1 Å². The van der Waals surface area contributed by atoms with Gasteiger partial charge >= 0.3 is 0 Å². The van der Waals surface area contributed by atoms with E-state index in [1.165, 1.54) is 6.08 Å². The third-order valence-electron chi connectivity index (χ3n) is 3.48. The molecule has 0 aliphatic heterocycles. The van der Waals surface area contributed by atoms with Crippen LogP contribution in [0, 0.1) is 0 Å². The molecule has 0 unspecified atom stereocenters. The summed E-state index contributed by atoms with van der Waals surface area (Å²) < 4.78 is 5.79. The van der Waals surface area contributed by atoms with Gasteiger partial charge in [0.1, 0.15) is 6.61 Å². The maximum atomic E-state index is 12.1. The standard InChI is InChI=1S/C21H18N2O2/c24-20(14-13-17-8-3-1-4-9-17)23-21-19(12-7-15-22-21)25-16-18-10-5-2-6-11-18/h1-15H,16H2,(H,22,23,24)/b14-13+. The van der Waals surface area contributed by atoms with Gasteiger partial charge in [0.25, 0.3) is 0 Å². The van der Waals surface area contributed by atoms with Gasteiger partial charge in [0.15, 0.2) is 11.6 Å². The fourth-order valence-corrected chi connectivity index (χ4v) is 2.23. The molecule has 0 radical (unpaired) electrons. The first-order chi connectivity index (χ1) is 12.3. The Hall–Kier alpha value is -3.40. The monoisotopic (exact) mass is 330 g/mol. The van der Waals surface area contributed by atoms with Gasteiger partial charge in [-0.2, -0.15) is 0 Å². The molecule has 0 atom stereocenters. The van der Waals surface area contributed by atoms with Gasteiger partial charge in [-0.3, -0.25) is 4.79 Å². The zero-order valence-electron chi connectivity index (χ0n) is 13.6. The van der Waals surface area contributed by atoms with Crippen LogP contribution in [0.25, 0.3) is 6.08 Å². The minimum Gasteiger partial charge on any atom is -0.485 e. The lowest BCUT2D eigenvalue weighted by Crippen LogP contribution is -2.11. The van der Waals surface area contributed by atoms with Crippen molar-refractivity contribution < 1.29 is 9.53 Å². The van der Waals surface area contributed by atoms with Crippen LogP contribution in [0.4, 0.5) is 5.82 Å². The predicted octanol–water partition coefficient (Wildman–Crippen LogP) is 4.31. The number of hydrogen-bond donors (Lipinski definition) is 1. The lowest BCUT2D eigenvalue weighted by atomic mass is 10.2. The average Bonchev–Trinajstić information content (AvgIpc) is 2.67. The normalized spacial score (nSPS) is 10.6. The zero-order valence-corrected chi connectivity index (χ0v) is 13.6. The third-order valence-corrected chi connectivity index (χ3v) is 3.48. The van der Waals surface area contributed by atoms with Crippen molar-refractivity contribution in [2.75, 3.05) is 5.32 Å². The predicted molar refractivity (Wildman–Crippen MR) is 99.1 cm³/mol. The molecule has 124 valence electrons. The van der Waals surface area contributed by atoms with E-state index in [-0.39, 0.29) is 5.91 Å². The van der Waals surface area contributed by atoms with Crippen LogP contribution in [-0.2, 0) is 11.4 Å². The quantitative estimate of drug-likeness (QED) is 0.685. The highest BCUT2D eigenvalue weighted by atomic mass is 16.5. The summed E-state index contributed by atoms with van der Waals surface area (Å²) in [6, 6.07) is 23.0. The Kier molecular flexibility index (Phi) is 5.56. The maximum absolute atomic E-state index is 12.1. The third kappa shape index (κ3) is 5.04. The van der Waals surface area contributed by atoms with Crippen molar-refractivity contribution in [1.29, 1.82) is 0 Å². The molecule has 3 aromatic rings. The molecule has 2 aromatic carbocycles. The number of benzene rings is 2. The number of carbonyl (C=O) groups excluding carboxylic acids is 1. The van der Waals surface area contributed by atoms with E-state index in [4.69, 9.17) is 4.74 Å². The fourth-order valence-electron chi connectivity index (χ4n) is 2.23. The SMILES string of the molecule is O=C(/C=C/c1ccccc1)Nc1ncccc1OCc1ccccc1. The summed E-state index contributed by atoms with van der Waals surface area (Å²) in [7, 11) is 0. The lowest BCUT2D eigenvalue weighted by Gasteiger charge is -2.10. The highest BCUT2D eigenvalue weighted by molar-refractivity contribution is 6.02. The Morgan fingerprint density at radius 2 is 1.68 bits per heavy atom. The molecule has 0 spiro atoms. The summed E-state index contributed by atoms with van der Waals surface area (Å²) in [4.78, 5) is 16.3. The maximum Gasteiger partial charge on any atom is 0.249 e. The number of hydrogen-bond acceptors (Lipinski definition) is 3. The highest BCUT2D eigenvalue weighted by Gasteiger charge is 2.07. The van der Waals surface area contributed by atoms with Gasteiger partial charge in [0.2, 0.25) is 5.91 Å². The smallest absolute Gasteiger partial charge is 0.249 e. The molecule has 4 nitrogen and oxygen atoms in total. The number of pyridine rings is 1. The van der Waals surface area contributed by atoms with E-state index in [2.05, 4.69) is 10.3 Å². The average molecular weight is 330 g/mol. The fraction of sp³-hybridized carbons (Fsp3) is 0.0476. The molecule has 0 saturated heterocycles. The molecule has 0 aliphatic rings. The van der Waals surface area contributed by atoms with Gasteiger partial charge in [0, 0.05) is 12.3 Å². The minimum atomic E-state index is -0.257. The van der Waals surface area contributed by atoms with Crippen molar-refractivity contribution in [1.82, 2.24) is 4.98 Å². The molecule has 1 N–H and O–H groups in total. The van der Waals surface area contributed by atoms with Gasteiger partial charge in [0.05, 0.1) is 0 Å². The van der Waals surface area contributed by atoms with Crippen LogP contribution in [-0.4, -0.2) is 10.9 Å². The van der Waals surface area contributed by atoms with Crippen molar-refractivity contribution in [3.05, 3.63) is 96.2 Å². The number of anilines is 1. The van der Waals surface area contributed by atoms with Crippen molar-refractivity contribution in [2.45, 2.75) is 6.61 Å². The molecule has 1 heterocycles. The lowest BCUT2D eigenvalue weighted by molar-refractivity contribution is -0.111. The Morgan fingerprint density at radius 3 is 2.44 bits per heavy atom. The Labute approximate surface area is 146 Å². The second-order valence-corrected chi connectivity index (χ2v) is 5.36. The van der Waals surface area contributed by atoms with E-state index in [0.29, 0.717) is 18.2 Å². The number of nitrogens with zero attached hydrogens (tertiary/aromatic N) is 1. The van der Waals surface area contributed by atoms with Crippen LogP contribution in [0.3, 0.4) is 0 Å². The number of ether oxygens (including phenoxy) is 1. The van der Waals surface area contributed by atoms with Crippen molar-refractivity contribution in [2.24, 2.45) is 0 Å². The first-order valence-electron chi connectivity index (χ1n) is 7.97. The van der Waals surface area contributed by atoms with Gasteiger partial charge in [-0.25, -0.2) is 4.98 Å². The zero-order chi connectivity index (χ0) is 17.3. The molecule has 0 saturated carbocycles. The number of amides is 1.